The zero-order valence-electron chi connectivity index (χ0n) is 17.6. The Morgan fingerprint density at radius 3 is 2.38 bits per heavy atom. The number of nitrogens with zero attached hydrogens (tertiary/aromatic N) is 2. The van der Waals surface area contributed by atoms with Gasteiger partial charge in [0.25, 0.3) is 5.91 Å². The number of amides is 1. The fourth-order valence-electron chi connectivity index (χ4n) is 4.35. The first-order valence-corrected chi connectivity index (χ1v) is 10.5. The lowest BCUT2D eigenvalue weighted by Crippen LogP contribution is -2.32. The maximum absolute atomic E-state index is 13.7. The summed E-state index contributed by atoms with van der Waals surface area (Å²) in [4.78, 5) is 17.2. The Balaban J connectivity index is 1.77. The molecule has 1 aliphatic heterocycles. The summed E-state index contributed by atoms with van der Waals surface area (Å²) in [5, 5.41) is 2.98. The molecule has 0 saturated heterocycles. The Morgan fingerprint density at radius 2 is 1.69 bits per heavy atom. The van der Waals surface area contributed by atoms with Crippen LogP contribution in [0.4, 0.5) is 4.39 Å². The summed E-state index contributed by atoms with van der Waals surface area (Å²) in [7, 11) is 1.65. The molecule has 5 nitrogen and oxygen atoms in total. The zero-order chi connectivity index (χ0) is 22.1. The van der Waals surface area contributed by atoms with Crippen LogP contribution in [0.1, 0.15) is 21.6 Å². The summed E-state index contributed by atoms with van der Waals surface area (Å²) >= 11 is 0. The van der Waals surface area contributed by atoms with Gasteiger partial charge in [-0.1, -0.05) is 24.3 Å². The second-order valence-corrected chi connectivity index (χ2v) is 7.73. The number of aromatic nitrogens is 2. The molecule has 0 spiro atoms. The molecular weight excluding hydrogens is 405 g/mol. The molecule has 0 aliphatic carbocycles. The molecule has 1 aliphatic rings. The van der Waals surface area contributed by atoms with E-state index >= 15 is 0 Å². The summed E-state index contributed by atoms with van der Waals surface area (Å²) < 4.78 is 21.2. The number of ether oxygens (including phenoxy) is 1. The average molecular weight is 427 g/mol. The van der Waals surface area contributed by atoms with Crippen molar-refractivity contribution in [3.63, 3.8) is 0 Å². The molecule has 4 aromatic rings. The number of carbonyl (C=O) groups is 1. The van der Waals surface area contributed by atoms with Crippen LogP contribution in [0.3, 0.4) is 0 Å². The maximum Gasteiger partial charge on any atom is 0.253 e. The predicted octanol–water partition coefficient (Wildman–Crippen LogP) is 4.70. The first kappa shape index (κ1) is 20.0. The monoisotopic (exact) mass is 427 g/mol. The van der Waals surface area contributed by atoms with Crippen LogP contribution < -0.4 is 10.1 Å². The molecule has 1 N–H and O–H groups in total. The van der Waals surface area contributed by atoms with E-state index in [1.54, 1.807) is 31.6 Å². The van der Waals surface area contributed by atoms with E-state index in [1.807, 2.05) is 36.4 Å². The van der Waals surface area contributed by atoms with Crippen LogP contribution in [-0.2, 0) is 13.0 Å². The van der Waals surface area contributed by atoms with Gasteiger partial charge in [-0.25, -0.2) is 4.39 Å². The average Bonchev–Trinajstić information content (AvgIpc) is 3.16. The summed E-state index contributed by atoms with van der Waals surface area (Å²) in [6.45, 7) is 1.18. The Labute approximate surface area is 185 Å². The molecule has 0 atom stereocenters. The van der Waals surface area contributed by atoms with Gasteiger partial charge < -0.3 is 14.6 Å². The Morgan fingerprint density at radius 1 is 0.969 bits per heavy atom. The van der Waals surface area contributed by atoms with Crippen LogP contribution in [0.15, 0.2) is 73.1 Å². The van der Waals surface area contributed by atoms with Crippen LogP contribution in [0.2, 0.25) is 0 Å². The van der Waals surface area contributed by atoms with E-state index in [-0.39, 0.29) is 11.7 Å². The number of hydrogen-bond donors (Lipinski definition) is 1. The van der Waals surface area contributed by atoms with Gasteiger partial charge in [0.05, 0.1) is 18.4 Å². The zero-order valence-corrected chi connectivity index (χ0v) is 17.6. The SMILES string of the molecule is COc1ccc(Cn2c3c(c(-c4ccc(F)cc4)c2-c2ccncc2)C(=O)NCC3)cc1. The number of pyridine rings is 1. The van der Waals surface area contributed by atoms with Crippen molar-refractivity contribution in [1.82, 2.24) is 14.9 Å². The van der Waals surface area contributed by atoms with E-state index in [4.69, 9.17) is 4.74 Å². The van der Waals surface area contributed by atoms with Crippen molar-refractivity contribution in [2.24, 2.45) is 0 Å². The number of carbonyl (C=O) groups excluding carboxylic acids is 1. The number of nitrogens with one attached hydrogen (secondary N) is 1. The van der Waals surface area contributed by atoms with E-state index in [0.717, 1.165) is 45.8 Å². The Hall–Kier alpha value is -3.93. The van der Waals surface area contributed by atoms with Crippen molar-refractivity contribution in [2.75, 3.05) is 13.7 Å². The van der Waals surface area contributed by atoms with Gasteiger partial charge in [-0.2, -0.15) is 0 Å². The molecule has 32 heavy (non-hydrogen) atoms. The lowest BCUT2D eigenvalue weighted by molar-refractivity contribution is 0.0946. The van der Waals surface area contributed by atoms with Gasteiger partial charge in [0, 0.05) is 48.7 Å². The fraction of sp³-hybridized carbons (Fsp3) is 0.154. The molecule has 2 aromatic heterocycles. The standard InChI is InChI=1S/C26H22FN3O2/c1-32-21-8-2-17(3-9-21)16-30-22-12-15-29-26(31)24(22)23(18-4-6-20(27)7-5-18)25(30)19-10-13-28-14-11-19/h2-11,13-14H,12,15-16H2,1H3,(H,29,31). The van der Waals surface area contributed by atoms with Gasteiger partial charge in [-0.05, 0) is 47.5 Å². The van der Waals surface area contributed by atoms with Crippen molar-refractivity contribution in [1.29, 1.82) is 0 Å². The van der Waals surface area contributed by atoms with Gasteiger partial charge >= 0.3 is 0 Å². The number of halogens is 1. The molecule has 160 valence electrons. The second kappa shape index (κ2) is 8.30. The lowest BCUT2D eigenvalue weighted by atomic mass is 9.95. The van der Waals surface area contributed by atoms with Gasteiger partial charge in [0.15, 0.2) is 0 Å². The quantitative estimate of drug-likeness (QED) is 0.502. The van der Waals surface area contributed by atoms with Crippen molar-refractivity contribution >= 4 is 5.91 Å². The third-order valence-corrected chi connectivity index (χ3v) is 5.83. The van der Waals surface area contributed by atoms with Gasteiger partial charge in [0.1, 0.15) is 11.6 Å². The number of fused-ring (bicyclic) bond motifs is 1. The van der Waals surface area contributed by atoms with Crippen LogP contribution in [0.5, 0.6) is 5.75 Å². The molecule has 0 unspecified atom stereocenters. The number of hydrogen-bond acceptors (Lipinski definition) is 3. The highest BCUT2D eigenvalue weighted by molar-refractivity contribution is 6.07. The second-order valence-electron chi connectivity index (χ2n) is 7.73. The van der Waals surface area contributed by atoms with Crippen molar-refractivity contribution in [3.05, 3.63) is 95.7 Å². The third kappa shape index (κ3) is 3.54. The van der Waals surface area contributed by atoms with Crippen LogP contribution >= 0.6 is 0 Å². The smallest absolute Gasteiger partial charge is 0.253 e. The highest BCUT2D eigenvalue weighted by atomic mass is 19.1. The molecule has 0 saturated carbocycles. The molecule has 0 fully saturated rings. The topological polar surface area (TPSA) is 56.2 Å². The van der Waals surface area contributed by atoms with Gasteiger partial charge in [-0.15, -0.1) is 0 Å². The Kier molecular flexibility index (Phi) is 5.19. The molecule has 0 bridgehead atoms. The van der Waals surface area contributed by atoms with Crippen molar-refractivity contribution in [3.8, 4) is 28.1 Å². The van der Waals surface area contributed by atoms with Crippen LogP contribution in [-0.4, -0.2) is 29.1 Å². The first-order valence-electron chi connectivity index (χ1n) is 10.5. The maximum atomic E-state index is 13.7. The number of methoxy groups -OCH3 is 1. The minimum absolute atomic E-state index is 0.102. The fourth-order valence-corrected chi connectivity index (χ4v) is 4.35. The van der Waals surface area contributed by atoms with Crippen molar-refractivity contribution in [2.45, 2.75) is 13.0 Å². The van der Waals surface area contributed by atoms with E-state index < -0.39 is 0 Å². The third-order valence-electron chi connectivity index (χ3n) is 5.83. The largest absolute Gasteiger partial charge is 0.497 e. The van der Waals surface area contributed by atoms with E-state index in [9.17, 15) is 9.18 Å². The summed E-state index contributed by atoms with van der Waals surface area (Å²) in [6.07, 6.45) is 4.21. The summed E-state index contributed by atoms with van der Waals surface area (Å²) in [6, 6.07) is 18.1. The predicted molar refractivity (Wildman–Crippen MR) is 121 cm³/mol. The van der Waals surface area contributed by atoms with E-state index in [2.05, 4.69) is 14.9 Å². The van der Waals surface area contributed by atoms with Crippen LogP contribution in [0.25, 0.3) is 22.4 Å². The van der Waals surface area contributed by atoms with E-state index in [0.29, 0.717) is 18.7 Å². The minimum Gasteiger partial charge on any atom is -0.497 e. The lowest BCUT2D eigenvalue weighted by Gasteiger charge is -2.18. The van der Waals surface area contributed by atoms with Gasteiger partial charge in [-0.3, -0.25) is 9.78 Å². The number of rotatable bonds is 5. The van der Waals surface area contributed by atoms with Crippen LogP contribution in [0, 0.1) is 5.82 Å². The molecule has 3 heterocycles. The normalized spacial score (nSPS) is 12.9. The Bertz CT molecular complexity index is 1260. The van der Waals surface area contributed by atoms with Gasteiger partial charge in [0.2, 0.25) is 0 Å². The highest BCUT2D eigenvalue weighted by Gasteiger charge is 2.31. The van der Waals surface area contributed by atoms with Crippen molar-refractivity contribution < 1.29 is 13.9 Å². The highest BCUT2D eigenvalue weighted by Crippen LogP contribution is 2.41. The first-order chi connectivity index (χ1) is 15.7. The molecule has 2 aromatic carbocycles. The number of benzene rings is 2. The minimum atomic E-state index is -0.310. The molecule has 6 heteroatoms. The molecule has 0 radical (unpaired) electrons. The molecule has 5 rings (SSSR count). The summed E-state index contributed by atoms with van der Waals surface area (Å²) in [5.41, 5.74) is 6.23. The summed E-state index contributed by atoms with van der Waals surface area (Å²) in [5.74, 6) is 0.383. The van der Waals surface area contributed by atoms with E-state index in [1.165, 1.54) is 12.1 Å². The molecule has 1 amide bonds. The molecular formula is C26H22FN3O2.